The molecule has 0 amide bonds. The Morgan fingerprint density at radius 3 is 2.59 bits per heavy atom. The van der Waals surface area contributed by atoms with Crippen molar-refractivity contribution in [1.82, 2.24) is 24.5 Å². The minimum atomic E-state index is -0.115. The van der Waals surface area contributed by atoms with Crippen molar-refractivity contribution in [3.05, 3.63) is 63.8 Å². The van der Waals surface area contributed by atoms with Crippen LogP contribution in [0.5, 0.6) is 0 Å². The van der Waals surface area contributed by atoms with Gasteiger partial charge in [0, 0.05) is 25.7 Å². The summed E-state index contributed by atoms with van der Waals surface area (Å²) in [5.74, 6) is 0.431. The number of rotatable bonds is 2. The van der Waals surface area contributed by atoms with Crippen molar-refractivity contribution in [2.24, 2.45) is 0 Å². The molecule has 0 saturated heterocycles. The van der Waals surface area contributed by atoms with Crippen LogP contribution in [0.25, 0.3) is 5.78 Å². The molecule has 112 valence electrons. The molecule has 1 aliphatic heterocycles. The van der Waals surface area contributed by atoms with Gasteiger partial charge >= 0.3 is 0 Å². The first-order valence-electron chi connectivity index (χ1n) is 7.51. The van der Waals surface area contributed by atoms with Gasteiger partial charge in [-0.2, -0.15) is 4.52 Å². The Morgan fingerprint density at radius 2 is 1.86 bits per heavy atom. The molecule has 0 unspecified atom stereocenters. The summed E-state index contributed by atoms with van der Waals surface area (Å²) in [7, 11) is 0. The van der Waals surface area contributed by atoms with E-state index in [9.17, 15) is 4.79 Å². The quantitative estimate of drug-likeness (QED) is 0.766. The highest BCUT2D eigenvalue weighted by atomic mass is 16.1. The van der Waals surface area contributed by atoms with E-state index < -0.39 is 0 Å². The van der Waals surface area contributed by atoms with Crippen LogP contribution in [0, 0.1) is 0 Å². The van der Waals surface area contributed by atoms with Crippen LogP contribution in [-0.2, 0) is 19.4 Å². The number of aromatic nitrogens is 4. The Bertz CT molecular complexity index is 839. The lowest BCUT2D eigenvalue weighted by atomic mass is 10.0. The number of benzene rings is 1. The molecule has 0 bridgehead atoms. The fraction of sp³-hybridized carbons (Fsp3) is 0.312. The molecule has 1 aliphatic rings. The molecule has 3 heterocycles. The average Bonchev–Trinajstić information content (AvgIpc) is 2.91. The molecule has 0 fully saturated rings. The van der Waals surface area contributed by atoms with Gasteiger partial charge in [0.15, 0.2) is 0 Å². The maximum Gasteiger partial charge on any atom is 0.274 e. The van der Waals surface area contributed by atoms with E-state index >= 15 is 0 Å². The monoisotopic (exact) mass is 295 g/mol. The third kappa shape index (κ3) is 2.42. The van der Waals surface area contributed by atoms with Gasteiger partial charge in [-0.1, -0.05) is 24.3 Å². The second kappa shape index (κ2) is 5.38. The summed E-state index contributed by atoms with van der Waals surface area (Å²) in [6.45, 7) is 2.66. The number of hydrogen-bond acceptors (Lipinski definition) is 4. The standard InChI is InChI=1S/C16H17N5O/c22-15-9-14(19-16-17-11-18-21(15)16)10-20-7-5-12-3-1-2-4-13(12)6-8-20/h1-4,9,11H,5-8,10H2,(H,17,18,19). The van der Waals surface area contributed by atoms with Crippen LogP contribution in [0.4, 0.5) is 0 Å². The van der Waals surface area contributed by atoms with E-state index in [0.29, 0.717) is 12.3 Å². The van der Waals surface area contributed by atoms with Crippen LogP contribution in [0.2, 0.25) is 0 Å². The lowest BCUT2D eigenvalue weighted by Crippen LogP contribution is -2.27. The highest BCUT2D eigenvalue weighted by Gasteiger charge is 2.15. The maximum atomic E-state index is 12.0. The molecule has 0 spiro atoms. The molecule has 3 aromatic rings. The second-order valence-corrected chi connectivity index (χ2v) is 5.65. The fourth-order valence-corrected chi connectivity index (χ4v) is 3.05. The number of fused-ring (bicyclic) bond motifs is 2. The SMILES string of the molecule is O=c1cc(CN2CCc3ccccc3CC2)nc2nc[nH]n12. The average molecular weight is 295 g/mol. The van der Waals surface area contributed by atoms with E-state index in [2.05, 4.69) is 44.2 Å². The molecule has 4 rings (SSSR count). The summed E-state index contributed by atoms with van der Waals surface area (Å²) in [6.07, 6.45) is 3.57. The molecule has 1 N–H and O–H groups in total. The fourth-order valence-electron chi connectivity index (χ4n) is 3.05. The number of nitrogens with zero attached hydrogens (tertiary/aromatic N) is 4. The Kier molecular flexibility index (Phi) is 3.23. The van der Waals surface area contributed by atoms with Gasteiger partial charge in [0.1, 0.15) is 6.33 Å². The first-order valence-corrected chi connectivity index (χ1v) is 7.51. The van der Waals surface area contributed by atoms with Gasteiger partial charge in [0.25, 0.3) is 11.3 Å². The van der Waals surface area contributed by atoms with Gasteiger partial charge in [-0.25, -0.2) is 9.97 Å². The predicted molar refractivity (Wildman–Crippen MR) is 82.7 cm³/mol. The predicted octanol–water partition coefficient (Wildman–Crippen LogP) is 1.02. The summed E-state index contributed by atoms with van der Waals surface area (Å²) in [5.41, 5.74) is 3.53. The zero-order chi connectivity index (χ0) is 14.9. The summed E-state index contributed by atoms with van der Waals surface area (Å²) < 4.78 is 1.35. The molecule has 0 radical (unpaired) electrons. The third-order valence-corrected chi connectivity index (χ3v) is 4.22. The Hall–Kier alpha value is -2.47. The Balaban J connectivity index is 1.55. The lowest BCUT2D eigenvalue weighted by molar-refractivity contribution is 0.276. The van der Waals surface area contributed by atoms with Gasteiger partial charge in [0.2, 0.25) is 0 Å². The Morgan fingerprint density at radius 1 is 1.14 bits per heavy atom. The first kappa shape index (κ1) is 13.2. The van der Waals surface area contributed by atoms with Crippen LogP contribution in [0.15, 0.2) is 41.5 Å². The molecule has 0 atom stereocenters. The van der Waals surface area contributed by atoms with Crippen LogP contribution in [0.1, 0.15) is 16.8 Å². The highest BCUT2D eigenvalue weighted by Crippen LogP contribution is 2.16. The van der Waals surface area contributed by atoms with Crippen molar-refractivity contribution in [2.75, 3.05) is 13.1 Å². The summed E-state index contributed by atoms with van der Waals surface area (Å²) in [4.78, 5) is 22.8. The van der Waals surface area contributed by atoms with E-state index in [1.54, 1.807) is 6.07 Å². The zero-order valence-corrected chi connectivity index (χ0v) is 12.2. The molecule has 0 saturated carbocycles. The van der Waals surface area contributed by atoms with Crippen molar-refractivity contribution in [3.8, 4) is 0 Å². The number of aromatic amines is 1. The van der Waals surface area contributed by atoms with E-state index in [1.165, 1.54) is 22.0 Å². The third-order valence-electron chi connectivity index (χ3n) is 4.22. The molecule has 1 aromatic carbocycles. The van der Waals surface area contributed by atoms with E-state index in [1.807, 2.05) is 0 Å². The van der Waals surface area contributed by atoms with Gasteiger partial charge in [-0.05, 0) is 24.0 Å². The van der Waals surface area contributed by atoms with Crippen molar-refractivity contribution in [1.29, 1.82) is 0 Å². The van der Waals surface area contributed by atoms with Crippen LogP contribution < -0.4 is 5.56 Å². The smallest absolute Gasteiger partial charge is 0.274 e. The normalized spacial score (nSPS) is 15.6. The van der Waals surface area contributed by atoms with Crippen LogP contribution >= 0.6 is 0 Å². The van der Waals surface area contributed by atoms with Gasteiger partial charge in [0.05, 0.1) is 5.69 Å². The number of nitrogens with one attached hydrogen (secondary N) is 1. The molecule has 2 aromatic heterocycles. The van der Waals surface area contributed by atoms with Crippen LogP contribution in [-0.4, -0.2) is 37.6 Å². The second-order valence-electron chi connectivity index (χ2n) is 5.65. The molecular weight excluding hydrogens is 278 g/mol. The topological polar surface area (TPSA) is 66.3 Å². The van der Waals surface area contributed by atoms with E-state index in [4.69, 9.17) is 0 Å². The van der Waals surface area contributed by atoms with Crippen molar-refractivity contribution >= 4 is 5.78 Å². The van der Waals surface area contributed by atoms with Gasteiger partial charge in [-0.15, -0.1) is 0 Å². The molecule has 22 heavy (non-hydrogen) atoms. The maximum absolute atomic E-state index is 12.0. The van der Waals surface area contributed by atoms with Crippen molar-refractivity contribution in [2.45, 2.75) is 19.4 Å². The molecule has 0 aliphatic carbocycles. The lowest BCUT2D eigenvalue weighted by Gasteiger charge is -2.18. The summed E-state index contributed by atoms with van der Waals surface area (Å²) in [6, 6.07) is 10.2. The summed E-state index contributed by atoms with van der Waals surface area (Å²) in [5, 5.41) is 2.76. The van der Waals surface area contributed by atoms with Crippen molar-refractivity contribution in [3.63, 3.8) is 0 Å². The van der Waals surface area contributed by atoms with Gasteiger partial charge in [-0.3, -0.25) is 14.8 Å². The number of H-pyrrole nitrogens is 1. The Labute approximate surface area is 127 Å². The largest absolute Gasteiger partial charge is 0.297 e. The molecule has 6 nitrogen and oxygen atoms in total. The highest BCUT2D eigenvalue weighted by molar-refractivity contribution is 5.29. The number of hydrogen-bond donors (Lipinski definition) is 1. The van der Waals surface area contributed by atoms with Crippen LogP contribution in [0.3, 0.4) is 0 Å². The zero-order valence-electron chi connectivity index (χ0n) is 12.2. The van der Waals surface area contributed by atoms with Crippen molar-refractivity contribution < 1.29 is 0 Å². The first-order chi connectivity index (χ1) is 10.8. The molecule has 6 heteroatoms. The van der Waals surface area contributed by atoms with E-state index in [0.717, 1.165) is 31.6 Å². The minimum absolute atomic E-state index is 0.115. The van der Waals surface area contributed by atoms with E-state index in [-0.39, 0.29) is 5.56 Å². The van der Waals surface area contributed by atoms with Gasteiger partial charge < -0.3 is 0 Å². The molecular formula is C16H17N5O. The summed E-state index contributed by atoms with van der Waals surface area (Å²) >= 11 is 0. The minimum Gasteiger partial charge on any atom is -0.297 e.